The number of nitrogens with zero attached hydrogens (tertiary/aromatic N) is 5. The van der Waals surface area contributed by atoms with Gasteiger partial charge in [0.05, 0.1) is 23.0 Å². The lowest BCUT2D eigenvalue weighted by atomic mass is 10.2. The Kier molecular flexibility index (Phi) is 2.25. The van der Waals surface area contributed by atoms with Gasteiger partial charge in [-0.3, -0.25) is 0 Å². The highest BCUT2D eigenvalue weighted by Crippen LogP contribution is 2.17. The molecule has 0 aliphatic rings. The molecule has 0 spiro atoms. The van der Waals surface area contributed by atoms with Crippen LogP contribution in [-0.4, -0.2) is 14.8 Å². The monoisotopic (exact) mass is 210 g/mol. The minimum Gasteiger partial charge on any atom is -0.397 e. The highest BCUT2D eigenvalue weighted by atomic mass is 15.3. The van der Waals surface area contributed by atoms with E-state index in [-0.39, 0.29) is 5.82 Å². The molecule has 0 unspecified atom stereocenters. The van der Waals surface area contributed by atoms with E-state index in [4.69, 9.17) is 16.3 Å². The molecule has 0 saturated heterocycles. The van der Waals surface area contributed by atoms with Crippen LogP contribution in [0.25, 0.3) is 5.69 Å². The number of nitrogen functional groups attached to an aromatic ring is 1. The van der Waals surface area contributed by atoms with Gasteiger partial charge in [-0.1, -0.05) is 0 Å². The van der Waals surface area contributed by atoms with E-state index in [9.17, 15) is 0 Å². The molecule has 16 heavy (non-hydrogen) atoms. The minimum absolute atomic E-state index is 0.0572. The van der Waals surface area contributed by atoms with Gasteiger partial charge >= 0.3 is 0 Å². The van der Waals surface area contributed by atoms with Crippen LogP contribution in [0.3, 0.4) is 0 Å². The molecule has 6 nitrogen and oxygen atoms in total. The van der Waals surface area contributed by atoms with Crippen molar-refractivity contribution >= 4 is 5.69 Å². The lowest BCUT2D eigenvalue weighted by molar-refractivity contribution is 0.874. The fraction of sp³-hybridized carbons (Fsp3) is 0. The lowest BCUT2D eigenvalue weighted by Gasteiger charge is -2.04. The summed E-state index contributed by atoms with van der Waals surface area (Å²) in [6.07, 6.45) is 1.38. The third kappa shape index (κ3) is 1.56. The van der Waals surface area contributed by atoms with Crippen LogP contribution in [0.4, 0.5) is 5.69 Å². The van der Waals surface area contributed by atoms with Crippen LogP contribution in [0.5, 0.6) is 0 Å². The van der Waals surface area contributed by atoms with Crippen molar-refractivity contribution < 1.29 is 0 Å². The van der Waals surface area contributed by atoms with E-state index in [0.29, 0.717) is 16.9 Å². The average molecular weight is 210 g/mol. The quantitative estimate of drug-likeness (QED) is 0.693. The fourth-order valence-corrected chi connectivity index (χ4v) is 1.24. The molecule has 0 saturated carbocycles. The lowest BCUT2D eigenvalue weighted by Crippen LogP contribution is -2.01. The molecule has 0 bridgehead atoms. The second kappa shape index (κ2) is 3.71. The normalized spacial score (nSPS) is 9.38. The predicted molar refractivity (Wildman–Crippen MR) is 55.2 cm³/mol. The van der Waals surface area contributed by atoms with Gasteiger partial charge < -0.3 is 5.73 Å². The van der Waals surface area contributed by atoms with E-state index in [1.807, 2.05) is 12.1 Å². The first-order valence-corrected chi connectivity index (χ1v) is 4.36. The first-order chi connectivity index (χ1) is 7.74. The highest BCUT2D eigenvalue weighted by molar-refractivity contribution is 5.60. The van der Waals surface area contributed by atoms with E-state index in [0.717, 1.165) is 0 Å². The smallest absolute Gasteiger partial charge is 0.252 e. The first-order valence-electron chi connectivity index (χ1n) is 4.36. The Balaban J connectivity index is 2.56. The van der Waals surface area contributed by atoms with Gasteiger partial charge in [0.15, 0.2) is 0 Å². The van der Waals surface area contributed by atoms with E-state index < -0.39 is 0 Å². The van der Waals surface area contributed by atoms with E-state index in [1.54, 1.807) is 18.2 Å². The molecular weight excluding hydrogens is 204 g/mol. The summed E-state index contributed by atoms with van der Waals surface area (Å²) in [5, 5.41) is 21.2. The van der Waals surface area contributed by atoms with Crippen LogP contribution in [0, 0.1) is 22.7 Å². The Bertz CT molecular complexity index is 613. The molecule has 2 rings (SSSR count). The largest absolute Gasteiger partial charge is 0.397 e. The van der Waals surface area contributed by atoms with Crippen LogP contribution in [0.15, 0.2) is 24.5 Å². The molecule has 0 aliphatic carbocycles. The fourth-order valence-electron chi connectivity index (χ4n) is 1.24. The van der Waals surface area contributed by atoms with Gasteiger partial charge in [0.25, 0.3) is 5.82 Å². The molecule has 2 N–H and O–H groups in total. The van der Waals surface area contributed by atoms with Crippen LogP contribution in [0.1, 0.15) is 11.4 Å². The Morgan fingerprint density at radius 1 is 1.25 bits per heavy atom. The minimum atomic E-state index is 0.0572. The summed E-state index contributed by atoms with van der Waals surface area (Å²) in [5.74, 6) is 0.0572. The van der Waals surface area contributed by atoms with Crippen LogP contribution in [0.2, 0.25) is 0 Å². The number of aromatic nitrogens is 3. The maximum atomic E-state index is 8.76. The molecule has 76 valence electrons. The van der Waals surface area contributed by atoms with Gasteiger partial charge in [0.2, 0.25) is 0 Å². The molecule has 0 radical (unpaired) electrons. The van der Waals surface area contributed by atoms with E-state index >= 15 is 0 Å². The van der Waals surface area contributed by atoms with Crippen LogP contribution >= 0.6 is 0 Å². The Morgan fingerprint density at radius 3 is 2.69 bits per heavy atom. The number of nitrogens with two attached hydrogens (primary N) is 1. The Labute approximate surface area is 91.2 Å². The standard InChI is InChI=1S/C10H6N6/c11-4-7-1-2-8(13)9(3-7)16-6-14-10(5-12)15-16/h1-3,6H,13H2. The number of hydrogen-bond donors (Lipinski definition) is 1. The second-order valence-corrected chi connectivity index (χ2v) is 3.01. The third-order valence-corrected chi connectivity index (χ3v) is 2.00. The van der Waals surface area contributed by atoms with Crippen molar-refractivity contribution in [2.24, 2.45) is 0 Å². The maximum absolute atomic E-state index is 8.76. The predicted octanol–water partition coefficient (Wildman–Crippen LogP) is 0.593. The number of hydrogen-bond acceptors (Lipinski definition) is 5. The summed E-state index contributed by atoms with van der Waals surface area (Å²) >= 11 is 0. The zero-order valence-corrected chi connectivity index (χ0v) is 8.12. The van der Waals surface area contributed by atoms with Gasteiger partial charge in [-0.2, -0.15) is 10.5 Å². The summed E-state index contributed by atoms with van der Waals surface area (Å²) in [5.41, 5.74) is 7.22. The first kappa shape index (κ1) is 9.69. The van der Waals surface area contributed by atoms with Gasteiger partial charge in [0.1, 0.15) is 12.4 Å². The Morgan fingerprint density at radius 2 is 2.06 bits per heavy atom. The van der Waals surface area contributed by atoms with Crippen LogP contribution in [-0.2, 0) is 0 Å². The summed E-state index contributed by atoms with van der Waals surface area (Å²) < 4.78 is 1.37. The molecule has 2 aromatic rings. The Hall–Kier alpha value is -2.86. The van der Waals surface area contributed by atoms with Crippen molar-refractivity contribution in [2.75, 3.05) is 5.73 Å². The van der Waals surface area contributed by atoms with Crippen molar-refractivity contribution in [3.05, 3.63) is 35.9 Å². The zero-order chi connectivity index (χ0) is 11.5. The summed E-state index contributed by atoms with van der Waals surface area (Å²) in [6.45, 7) is 0. The SMILES string of the molecule is N#Cc1ccc(N)c(-n2cnc(C#N)n2)c1. The van der Waals surface area contributed by atoms with Crippen molar-refractivity contribution in [3.63, 3.8) is 0 Å². The van der Waals surface area contributed by atoms with E-state index in [2.05, 4.69) is 10.1 Å². The van der Waals surface area contributed by atoms with E-state index in [1.165, 1.54) is 11.0 Å². The summed E-state index contributed by atoms with van der Waals surface area (Å²) in [7, 11) is 0. The van der Waals surface area contributed by atoms with Gasteiger partial charge in [-0.25, -0.2) is 9.67 Å². The molecule has 1 aromatic carbocycles. The zero-order valence-electron chi connectivity index (χ0n) is 8.12. The van der Waals surface area contributed by atoms with Gasteiger partial charge in [-0.15, -0.1) is 5.10 Å². The molecule has 0 atom stereocenters. The van der Waals surface area contributed by atoms with Gasteiger partial charge in [0, 0.05) is 0 Å². The maximum Gasteiger partial charge on any atom is 0.252 e. The summed E-state index contributed by atoms with van der Waals surface area (Å²) in [6, 6.07) is 8.63. The molecule has 6 heteroatoms. The number of anilines is 1. The molecule has 0 fully saturated rings. The van der Waals surface area contributed by atoms with Crippen molar-refractivity contribution in [1.82, 2.24) is 14.8 Å². The number of benzene rings is 1. The highest BCUT2D eigenvalue weighted by Gasteiger charge is 2.06. The summed E-state index contributed by atoms with van der Waals surface area (Å²) in [4.78, 5) is 3.76. The number of nitriles is 2. The van der Waals surface area contributed by atoms with Crippen molar-refractivity contribution in [2.45, 2.75) is 0 Å². The topological polar surface area (TPSA) is 104 Å². The van der Waals surface area contributed by atoms with Crippen molar-refractivity contribution in [1.29, 1.82) is 10.5 Å². The second-order valence-electron chi connectivity index (χ2n) is 3.01. The molecule has 0 aliphatic heterocycles. The van der Waals surface area contributed by atoms with Crippen LogP contribution < -0.4 is 5.73 Å². The number of rotatable bonds is 1. The van der Waals surface area contributed by atoms with Crippen molar-refractivity contribution in [3.8, 4) is 17.8 Å². The van der Waals surface area contributed by atoms with Gasteiger partial charge in [-0.05, 0) is 18.2 Å². The molecular formula is C10H6N6. The molecule has 1 aromatic heterocycles. The molecule has 1 heterocycles. The third-order valence-electron chi connectivity index (χ3n) is 2.00. The molecule has 0 amide bonds. The average Bonchev–Trinajstić information content (AvgIpc) is 2.78.